The molecule has 1 amide bonds. The molecule has 6 nitrogen and oxygen atoms in total. The number of tetrazole rings is 1. The van der Waals surface area contributed by atoms with E-state index in [1.807, 2.05) is 30.3 Å². The Morgan fingerprint density at radius 2 is 2.00 bits per heavy atom. The van der Waals surface area contributed by atoms with Crippen molar-refractivity contribution < 1.29 is 9.18 Å². The number of rotatable bonds is 5. The van der Waals surface area contributed by atoms with Crippen LogP contribution in [0.5, 0.6) is 0 Å². The number of halogens is 1. The van der Waals surface area contributed by atoms with Gasteiger partial charge in [-0.25, -0.2) is 4.39 Å². The molecule has 122 valence electrons. The van der Waals surface area contributed by atoms with Crippen molar-refractivity contribution in [1.82, 2.24) is 20.2 Å². The van der Waals surface area contributed by atoms with E-state index in [0.717, 1.165) is 5.69 Å². The molecule has 1 aromatic heterocycles. The van der Waals surface area contributed by atoms with E-state index in [1.54, 1.807) is 24.1 Å². The van der Waals surface area contributed by atoms with Gasteiger partial charge in [0.25, 0.3) is 0 Å². The summed E-state index contributed by atoms with van der Waals surface area (Å²) < 4.78 is 14.8. The Balaban J connectivity index is 1.70. The van der Waals surface area contributed by atoms with Crippen molar-refractivity contribution in [2.24, 2.45) is 0 Å². The number of thioether (sulfide) groups is 1. The molecule has 8 heteroatoms. The lowest BCUT2D eigenvalue weighted by Crippen LogP contribution is -2.27. The fourth-order valence-corrected chi connectivity index (χ4v) is 2.86. The molecule has 1 heterocycles. The Morgan fingerprint density at radius 1 is 1.21 bits per heavy atom. The first-order valence-electron chi connectivity index (χ1n) is 7.14. The topological polar surface area (TPSA) is 63.9 Å². The van der Waals surface area contributed by atoms with Crippen LogP contribution in [0.4, 0.5) is 10.1 Å². The zero-order chi connectivity index (χ0) is 16.9. The van der Waals surface area contributed by atoms with Gasteiger partial charge in [0.05, 0.1) is 11.4 Å². The minimum atomic E-state index is -0.376. The van der Waals surface area contributed by atoms with E-state index >= 15 is 0 Å². The molecular weight excluding hydrogens is 329 g/mol. The standard InChI is InChI=1S/C16H14FN5OS/c1-21(13-7-3-2-4-8-13)15(23)11-24-16-18-19-20-22(16)14-9-5-6-12(17)10-14/h2-10H,11H2,1H3. The first-order chi connectivity index (χ1) is 11.6. The fourth-order valence-electron chi connectivity index (χ4n) is 2.06. The predicted molar refractivity (Wildman–Crippen MR) is 89.7 cm³/mol. The van der Waals surface area contributed by atoms with Crippen LogP contribution >= 0.6 is 11.8 Å². The van der Waals surface area contributed by atoms with E-state index in [0.29, 0.717) is 10.8 Å². The molecule has 3 rings (SSSR count). The Kier molecular flexibility index (Phi) is 4.85. The molecule has 0 radical (unpaired) electrons. The van der Waals surface area contributed by atoms with Crippen LogP contribution in [0.3, 0.4) is 0 Å². The van der Waals surface area contributed by atoms with Crippen molar-refractivity contribution in [3.05, 3.63) is 60.4 Å². The van der Waals surface area contributed by atoms with Gasteiger partial charge in [0.1, 0.15) is 5.82 Å². The summed E-state index contributed by atoms with van der Waals surface area (Å²) in [6.45, 7) is 0. The molecule has 0 unspecified atom stereocenters. The van der Waals surface area contributed by atoms with Gasteiger partial charge in [-0.2, -0.15) is 4.68 Å². The maximum absolute atomic E-state index is 13.3. The number of hydrogen-bond acceptors (Lipinski definition) is 5. The molecule has 2 aromatic carbocycles. The SMILES string of the molecule is CN(C(=O)CSc1nnnn1-c1cccc(F)c1)c1ccccc1. The minimum absolute atomic E-state index is 0.0833. The van der Waals surface area contributed by atoms with Gasteiger partial charge in [-0.15, -0.1) is 5.10 Å². The first-order valence-corrected chi connectivity index (χ1v) is 8.12. The Bertz CT molecular complexity index is 839. The quantitative estimate of drug-likeness (QED) is 0.666. The summed E-state index contributed by atoms with van der Waals surface area (Å²) in [6.07, 6.45) is 0. The molecule has 0 aliphatic rings. The number of amides is 1. The van der Waals surface area contributed by atoms with Crippen molar-refractivity contribution >= 4 is 23.4 Å². The molecule has 3 aromatic rings. The maximum Gasteiger partial charge on any atom is 0.237 e. The number of anilines is 1. The summed E-state index contributed by atoms with van der Waals surface area (Å²) in [7, 11) is 1.72. The molecular formula is C16H14FN5OS. The number of carbonyl (C=O) groups excluding carboxylic acids is 1. The second-order valence-corrected chi connectivity index (χ2v) is 5.87. The normalized spacial score (nSPS) is 10.6. The lowest BCUT2D eigenvalue weighted by molar-refractivity contribution is -0.115. The monoisotopic (exact) mass is 343 g/mol. The van der Waals surface area contributed by atoms with E-state index in [9.17, 15) is 9.18 Å². The van der Waals surface area contributed by atoms with Crippen LogP contribution in [0.1, 0.15) is 0 Å². The lowest BCUT2D eigenvalue weighted by atomic mass is 10.3. The van der Waals surface area contributed by atoms with Crippen LogP contribution in [0.25, 0.3) is 5.69 Å². The maximum atomic E-state index is 13.3. The van der Waals surface area contributed by atoms with Crippen LogP contribution < -0.4 is 4.90 Å². The number of nitrogens with zero attached hydrogens (tertiary/aromatic N) is 5. The number of carbonyl (C=O) groups is 1. The van der Waals surface area contributed by atoms with Crippen molar-refractivity contribution in [2.45, 2.75) is 5.16 Å². The van der Waals surface area contributed by atoms with E-state index in [4.69, 9.17) is 0 Å². The van der Waals surface area contributed by atoms with Crippen molar-refractivity contribution in [1.29, 1.82) is 0 Å². The average molecular weight is 343 g/mol. The van der Waals surface area contributed by atoms with Gasteiger partial charge in [-0.3, -0.25) is 4.79 Å². The second kappa shape index (κ2) is 7.22. The van der Waals surface area contributed by atoms with Gasteiger partial charge in [0, 0.05) is 12.7 Å². The summed E-state index contributed by atoms with van der Waals surface area (Å²) >= 11 is 1.20. The van der Waals surface area contributed by atoms with Crippen LogP contribution in [-0.4, -0.2) is 38.9 Å². The van der Waals surface area contributed by atoms with Crippen LogP contribution in [-0.2, 0) is 4.79 Å². The molecule has 0 spiro atoms. The van der Waals surface area contributed by atoms with Crippen molar-refractivity contribution in [3.8, 4) is 5.69 Å². The molecule has 0 fully saturated rings. The van der Waals surface area contributed by atoms with Gasteiger partial charge < -0.3 is 4.90 Å². The van der Waals surface area contributed by atoms with Gasteiger partial charge in [0.2, 0.25) is 11.1 Å². The van der Waals surface area contributed by atoms with Crippen molar-refractivity contribution in [3.63, 3.8) is 0 Å². The number of hydrogen-bond donors (Lipinski definition) is 0. The summed E-state index contributed by atoms with van der Waals surface area (Å²) in [5.41, 5.74) is 1.32. The Hall–Kier alpha value is -2.74. The fraction of sp³-hybridized carbons (Fsp3) is 0.125. The van der Waals surface area contributed by atoms with Crippen molar-refractivity contribution in [2.75, 3.05) is 17.7 Å². The minimum Gasteiger partial charge on any atom is -0.315 e. The summed E-state index contributed by atoms with van der Waals surface area (Å²) in [6, 6.07) is 15.3. The number of benzene rings is 2. The predicted octanol–water partition coefficient (Wildman–Crippen LogP) is 2.56. The summed E-state index contributed by atoms with van der Waals surface area (Å²) in [5, 5.41) is 11.8. The molecule has 0 saturated carbocycles. The van der Waals surface area contributed by atoms with Gasteiger partial charge >= 0.3 is 0 Å². The largest absolute Gasteiger partial charge is 0.315 e. The van der Waals surface area contributed by atoms with Gasteiger partial charge in [-0.1, -0.05) is 36.0 Å². The molecule has 0 bridgehead atoms. The van der Waals surface area contributed by atoms with Gasteiger partial charge in [-0.05, 0) is 40.8 Å². The highest BCUT2D eigenvalue weighted by Crippen LogP contribution is 2.20. The zero-order valence-corrected chi connectivity index (χ0v) is 13.7. The van der Waals surface area contributed by atoms with E-state index in [1.165, 1.54) is 28.6 Å². The average Bonchev–Trinajstić information content (AvgIpc) is 3.08. The molecule has 24 heavy (non-hydrogen) atoms. The van der Waals surface area contributed by atoms with Crippen LogP contribution in [0.15, 0.2) is 59.8 Å². The molecule has 0 N–H and O–H groups in total. The molecule has 0 aliphatic carbocycles. The first kappa shape index (κ1) is 16.1. The Morgan fingerprint density at radius 3 is 2.75 bits per heavy atom. The zero-order valence-electron chi connectivity index (χ0n) is 12.8. The third-order valence-electron chi connectivity index (χ3n) is 3.34. The number of para-hydroxylation sites is 1. The second-order valence-electron chi connectivity index (χ2n) is 4.93. The van der Waals surface area contributed by atoms with Gasteiger partial charge in [0.15, 0.2) is 0 Å². The number of aromatic nitrogens is 4. The summed E-state index contributed by atoms with van der Waals surface area (Å²) in [4.78, 5) is 13.9. The molecule has 0 aliphatic heterocycles. The highest BCUT2D eigenvalue weighted by molar-refractivity contribution is 7.99. The van der Waals surface area contributed by atoms with E-state index < -0.39 is 0 Å². The van der Waals surface area contributed by atoms with Crippen LogP contribution in [0.2, 0.25) is 0 Å². The summed E-state index contributed by atoms with van der Waals surface area (Å²) in [5.74, 6) is -0.292. The van der Waals surface area contributed by atoms with E-state index in [-0.39, 0.29) is 17.5 Å². The highest BCUT2D eigenvalue weighted by atomic mass is 32.2. The third-order valence-corrected chi connectivity index (χ3v) is 4.24. The molecule has 0 saturated heterocycles. The molecule has 0 atom stereocenters. The van der Waals surface area contributed by atoms with Crippen LogP contribution in [0, 0.1) is 5.82 Å². The Labute approximate surface area is 142 Å². The highest BCUT2D eigenvalue weighted by Gasteiger charge is 2.15. The van der Waals surface area contributed by atoms with E-state index in [2.05, 4.69) is 15.5 Å². The third kappa shape index (κ3) is 3.60. The smallest absolute Gasteiger partial charge is 0.237 e. The lowest BCUT2D eigenvalue weighted by Gasteiger charge is -2.16.